The van der Waals surface area contributed by atoms with Gasteiger partial charge in [0.25, 0.3) is 5.69 Å². The van der Waals surface area contributed by atoms with E-state index in [4.69, 9.17) is 9.73 Å². The number of nitrogens with zero attached hydrogens (tertiary/aromatic N) is 2. The molecule has 198 valence electrons. The highest BCUT2D eigenvalue weighted by Crippen LogP contribution is 2.26. The van der Waals surface area contributed by atoms with Crippen LogP contribution in [0.5, 0.6) is 0 Å². The van der Waals surface area contributed by atoms with Crippen LogP contribution in [0.4, 0.5) is 5.69 Å². The van der Waals surface area contributed by atoms with Crippen molar-refractivity contribution in [3.05, 3.63) is 147 Å². The number of carbonyl (C=O) groups excluding carboxylic acids is 1. The SMILES string of the molecule is CC(C)(C)OC(=O)C(Cc1cc(Cc2ccccc2)ccc1[N+](=O)[O-])N=C(c1ccccc1)c1ccccc1. The Morgan fingerprint density at radius 3 is 1.87 bits per heavy atom. The van der Waals surface area contributed by atoms with E-state index in [0.717, 1.165) is 22.3 Å². The molecule has 0 saturated carbocycles. The van der Waals surface area contributed by atoms with Crippen LogP contribution < -0.4 is 0 Å². The van der Waals surface area contributed by atoms with Crippen LogP contribution in [0.1, 0.15) is 48.6 Å². The van der Waals surface area contributed by atoms with Gasteiger partial charge in [-0.25, -0.2) is 4.79 Å². The Labute approximate surface area is 229 Å². The summed E-state index contributed by atoms with van der Waals surface area (Å²) in [6.07, 6.45) is 0.641. The minimum Gasteiger partial charge on any atom is -0.458 e. The van der Waals surface area contributed by atoms with Gasteiger partial charge in [0.15, 0.2) is 6.04 Å². The van der Waals surface area contributed by atoms with Crippen molar-refractivity contribution in [3.8, 4) is 0 Å². The molecule has 0 N–H and O–H groups in total. The Balaban J connectivity index is 1.80. The van der Waals surface area contributed by atoms with E-state index in [9.17, 15) is 14.9 Å². The zero-order valence-electron chi connectivity index (χ0n) is 22.4. The van der Waals surface area contributed by atoms with Crippen molar-refractivity contribution in [3.63, 3.8) is 0 Å². The molecular formula is C33H32N2O4. The van der Waals surface area contributed by atoms with Crippen LogP contribution in [0, 0.1) is 10.1 Å². The third-order valence-electron chi connectivity index (χ3n) is 6.06. The van der Waals surface area contributed by atoms with Gasteiger partial charge in [-0.2, -0.15) is 0 Å². The summed E-state index contributed by atoms with van der Waals surface area (Å²) < 4.78 is 5.76. The minimum atomic E-state index is -0.995. The monoisotopic (exact) mass is 520 g/mol. The quantitative estimate of drug-likeness (QED) is 0.103. The zero-order chi connectivity index (χ0) is 27.8. The first-order chi connectivity index (χ1) is 18.7. The predicted octanol–water partition coefficient (Wildman–Crippen LogP) is 6.98. The highest BCUT2D eigenvalue weighted by molar-refractivity contribution is 6.13. The third-order valence-corrected chi connectivity index (χ3v) is 6.06. The normalized spacial score (nSPS) is 11.9. The van der Waals surface area contributed by atoms with Gasteiger partial charge in [0, 0.05) is 29.2 Å². The van der Waals surface area contributed by atoms with Gasteiger partial charge in [0.1, 0.15) is 5.60 Å². The molecule has 0 amide bonds. The maximum absolute atomic E-state index is 13.5. The number of hydrogen-bond acceptors (Lipinski definition) is 5. The van der Waals surface area contributed by atoms with E-state index in [1.807, 2.05) is 97.1 Å². The van der Waals surface area contributed by atoms with Crippen LogP contribution in [-0.2, 0) is 22.4 Å². The Hall–Kier alpha value is -4.58. The van der Waals surface area contributed by atoms with E-state index in [2.05, 4.69) is 0 Å². The van der Waals surface area contributed by atoms with Crippen LogP contribution in [0.2, 0.25) is 0 Å². The summed E-state index contributed by atoms with van der Waals surface area (Å²) in [5.74, 6) is -0.533. The maximum atomic E-state index is 13.5. The molecule has 4 aromatic rings. The van der Waals surface area contributed by atoms with Crippen molar-refractivity contribution in [1.29, 1.82) is 0 Å². The first-order valence-electron chi connectivity index (χ1n) is 12.9. The Kier molecular flexibility index (Phi) is 8.67. The number of benzene rings is 4. The lowest BCUT2D eigenvalue weighted by Gasteiger charge is -2.23. The van der Waals surface area contributed by atoms with Gasteiger partial charge in [-0.05, 0) is 44.4 Å². The molecule has 6 heteroatoms. The highest BCUT2D eigenvalue weighted by Gasteiger charge is 2.29. The van der Waals surface area contributed by atoms with Gasteiger partial charge >= 0.3 is 5.97 Å². The van der Waals surface area contributed by atoms with Crippen molar-refractivity contribution < 1.29 is 14.5 Å². The van der Waals surface area contributed by atoms with E-state index in [1.165, 1.54) is 6.07 Å². The molecule has 0 aliphatic rings. The van der Waals surface area contributed by atoms with E-state index in [-0.39, 0.29) is 12.1 Å². The summed E-state index contributed by atoms with van der Waals surface area (Å²) in [7, 11) is 0. The van der Waals surface area contributed by atoms with Gasteiger partial charge in [0.05, 0.1) is 10.6 Å². The number of rotatable bonds is 9. The van der Waals surface area contributed by atoms with Crippen LogP contribution in [-0.4, -0.2) is 28.2 Å². The molecule has 0 aliphatic heterocycles. The molecule has 0 aliphatic carbocycles. The summed E-state index contributed by atoms with van der Waals surface area (Å²) in [6.45, 7) is 5.39. The predicted molar refractivity (Wildman–Crippen MR) is 154 cm³/mol. The summed E-state index contributed by atoms with van der Waals surface area (Å²) in [5.41, 5.74) is 3.95. The van der Waals surface area contributed by atoms with Gasteiger partial charge in [0.2, 0.25) is 0 Å². The second kappa shape index (κ2) is 12.3. The van der Waals surface area contributed by atoms with Gasteiger partial charge in [-0.1, -0.05) is 97.1 Å². The number of nitro benzene ring substituents is 1. The largest absolute Gasteiger partial charge is 0.458 e. The fourth-order valence-corrected chi connectivity index (χ4v) is 4.35. The zero-order valence-corrected chi connectivity index (χ0v) is 22.4. The van der Waals surface area contributed by atoms with Crippen LogP contribution in [0.3, 0.4) is 0 Å². The summed E-state index contributed by atoms with van der Waals surface area (Å²) in [4.78, 5) is 30.0. The molecular weight excluding hydrogens is 488 g/mol. The topological polar surface area (TPSA) is 81.8 Å². The molecule has 39 heavy (non-hydrogen) atoms. The Bertz CT molecular complexity index is 1400. The average molecular weight is 521 g/mol. The molecule has 0 heterocycles. The molecule has 6 nitrogen and oxygen atoms in total. The van der Waals surface area contributed by atoms with Crippen LogP contribution in [0.15, 0.2) is 114 Å². The second-order valence-electron chi connectivity index (χ2n) is 10.3. The van der Waals surface area contributed by atoms with Crippen LogP contribution in [0.25, 0.3) is 0 Å². The van der Waals surface area contributed by atoms with E-state index in [1.54, 1.807) is 26.8 Å². The van der Waals surface area contributed by atoms with E-state index in [0.29, 0.717) is 17.7 Å². The minimum absolute atomic E-state index is 0.0248. The smallest absolute Gasteiger partial charge is 0.331 e. The summed E-state index contributed by atoms with van der Waals surface area (Å²) in [5, 5.41) is 12.0. The van der Waals surface area contributed by atoms with Gasteiger partial charge in [-0.3, -0.25) is 15.1 Å². The lowest BCUT2D eigenvalue weighted by atomic mass is 9.97. The third kappa shape index (κ3) is 7.71. The lowest BCUT2D eigenvalue weighted by Crippen LogP contribution is -2.33. The standard InChI is InChI=1S/C33H32N2O4/c1-33(2,3)39-32(36)29(34-31(26-15-9-5-10-16-26)27-17-11-6-12-18-27)23-28-22-25(19-20-30(28)35(37)38)21-24-13-7-4-8-14-24/h4-20,22,29H,21,23H2,1-3H3. The number of nitro groups is 1. The van der Waals surface area contributed by atoms with Crippen molar-refractivity contribution >= 4 is 17.4 Å². The maximum Gasteiger partial charge on any atom is 0.331 e. The fraction of sp³-hybridized carbons (Fsp3) is 0.212. The first-order valence-corrected chi connectivity index (χ1v) is 12.9. The van der Waals surface area contributed by atoms with Gasteiger partial charge in [-0.15, -0.1) is 0 Å². The molecule has 0 spiro atoms. The molecule has 0 fully saturated rings. The number of hydrogen-bond donors (Lipinski definition) is 0. The molecule has 0 bridgehead atoms. The fourth-order valence-electron chi connectivity index (χ4n) is 4.35. The molecule has 4 aromatic carbocycles. The highest BCUT2D eigenvalue weighted by atomic mass is 16.6. The number of ether oxygens (including phenoxy) is 1. The van der Waals surface area contributed by atoms with Crippen molar-refractivity contribution in [1.82, 2.24) is 0 Å². The molecule has 0 saturated heterocycles. The molecule has 1 atom stereocenters. The molecule has 1 unspecified atom stereocenters. The first kappa shape index (κ1) is 27.5. The number of aliphatic imine (C=N–C) groups is 1. The molecule has 0 radical (unpaired) electrons. The molecule has 4 rings (SSSR count). The Morgan fingerprint density at radius 2 is 1.36 bits per heavy atom. The van der Waals surface area contributed by atoms with Crippen LogP contribution >= 0.6 is 0 Å². The Morgan fingerprint density at radius 1 is 0.821 bits per heavy atom. The van der Waals surface area contributed by atoms with Crippen molar-refractivity contribution in [2.45, 2.75) is 45.3 Å². The van der Waals surface area contributed by atoms with E-state index < -0.39 is 22.5 Å². The number of esters is 1. The van der Waals surface area contributed by atoms with Crippen molar-refractivity contribution in [2.75, 3.05) is 0 Å². The second-order valence-corrected chi connectivity index (χ2v) is 10.3. The van der Waals surface area contributed by atoms with E-state index >= 15 is 0 Å². The average Bonchev–Trinajstić information content (AvgIpc) is 2.91. The molecule has 0 aromatic heterocycles. The number of carbonyl (C=O) groups is 1. The van der Waals surface area contributed by atoms with Gasteiger partial charge < -0.3 is 4.74 Å². The van der Waals surface area contributed by atoms with Crippen molar-refractivity contribution in [2.24, 2.45) is 4.99 Å². The summed E-state index contributed by atoms with van der Waals surface area (Å²) >= 11 is 0. The summed E-state index contributed by atoms with van der Waals surface area (Å²) in [6, 6.07) is 33.2. The lowest BCUT2D eigenvalue weighted by molar-refractivity contribution is -0.385.